The lowest BCUT2D eigenvalue weighted by Crippen LogP contribution is -2.40. The van der Waals surface area contributed by atoms with Gasteiger partial charge in [-0.05, 0) is 38.6 Å². The fourth-order valence-electron chi connectivity index (χ4n) is 2.35. The van der Waals surface area contributed by atoms with Crippen molar-refractivity contribution in [3.63, 3.8) is 0 Å². The summed E-state index contributed by atoms with van der Waals surface area (Å²) in [4.78, 5) is 3.08. The molecule has 1 fully saturated rings. The molecule has 2 nitrogen and oxygen atoms in total. The molecule has 2 N–H and O–H groups in total. The first-order valence-corrected chi connectivity index (χ1v) is 6.41. The lowest BCUT2D eigenvalue weighted by molar-refractivity contribution is 0.163. The van der Waals surface area contributed by atoms with Crippen molar-refractivity contribution in [1.29, 1.82) is 0 Å². The highest BCUT2D eigenvalue weighted by atomic mass is 32.1. The molecule has 1 atom stereocenters. The van der Waals surface area contributed by atoms with Crippen molar-refractivity contribution < 1.29 is 0 Å². The number of nitrogens with zero attached hydrogens (tertiary/aromatic N) is 1. The van der Waals surface area contributed by atoms with Crippen molar-refractivity contribution in [1.82, 2.24) is 4.90 Å². The zero-order valence-electron chi connectivity index (χ0n) is 10.2. The highest BCUT2D eigenvalue weighted by molar-refractivity contribution is 7.80. The van der Waals surface area contributed by atoms with Gasteiger partial charge in [0.15, 0.2) is 0 Å². The smallest absolute Gasteiger partial charge is 0.0768 e. The summed E-state index contributed by atoms with van der Waals surface area (Å²) in [5.74, 6) is 1.26. The highest BCUT2D eigenvalue weighted by Crippen LogP contribution is 2.26. The van der Waals surface area contributed by atoms with Gasteiger partial charge in [0.25, 0.3) is 0 Å². The number of nitrogens with two attached hydrogens (primary N) is 1. The highest BCUT2D eigenvalue weighted by Gasteiger charge is 2.22. The molecule has 0 bridgehead atoms. The Bertz CT molecular complexity index is 210. The van der Waals surface area contributed by atoms with E-state index in [9.17, 15) is 0 Å². The molecule has 0 aromatic rings. The summed E-state index contributed by atoms with van der Waals surface area (Å²) in [7, 11) is 2.20. The van der Waals surface area contributed by atoms with Crippen LogP contribution in [0.3, 0.4) is 0 Å². The van der Waals surface area contributed by atoms with Crippen LogP contribution in [0.5, 0.6) is 0 Å². The van der Waals surface area contributed by atoms with E-state index in [0.717, 1.165) is 18.5 Å². The Balaban J connectivity index is 2.33. The molecular formula is C12H24N2S. The van der Waals surface area contributed by atoms with Gasteiger partial charge in [0, 0.05) is 18.5 Å². The Morgan fingerprint density at radius 3 is 2.40 bits per heavy atom. The van der Waals surface area contributed by atoms with Crippen LogP contribution in [-0.2, 0) is 0 Å². The van der Waals surface area contributed by atoms with Gasteiger partial charge in [-0.2, -0.15) is 0 Å². The maximum absolute atomic E-state index is 5.64. The van der Waals surface area contributed by atoms with Crippen molar-refractivity contribution in [2.45, 2.75) is 45.6 Å². The Labute approximate surface area is 99.2 Å². The Hall–Kier alpha value is -0.150. The Kier molecular flexibility index (Phi) is 5.00. The van der Waals surface area contributed by atoms with Gasteiger partial charge in [-0.25, -0.2) is 0 Å². The molecule has 1 rings (SSSR count). The molecule has 0 spiro atoms. The first-order valence-electron chi connectivity index (χ1n) is 6.00. The summed E-state index contributed by atoms with van der Waals surface area (Å²) >= 11 is 5.01. The van der Waals surface area contributed by atoms with Crippen molar-refractivity contribution in [3.8, 4) is 0 Å². The van der Waals surface area contributed by atoms with Crippen LogP contribution in [0.1, 0.15) is 39.5 Å². The zero-order chi connectivity index (χ0) is 11.4. The maximum atomic E-state index is 5.64. The maximum Gasteiger partial charge on any atom is 0.0768 e. The number of rotatable bonds is 4. The molecule has 0 aliphatic heterocycles. The van der Waals surface area contributed by atoms with Crippen LogP contribution in [0.4, 0.5) is 0 Å². The molecule has 1 saturated carbocycles. The average Bonchev–Trinajstić information content (AvgIpc) is 2.18. The molecule has 88 valence electrons. The molecule has 0 amide bonds. The standard InChI is InChI=1S/C12H24N2S/c1-9-4-6-11(7-5-9)14(3)8-10(2)12(13)15/h9-11H,4-8H2,1-3H3,(H2,13,15). The van der Waals surface area contributed by atoms with Gasteiger partial charge in [0.2, 0.25) is 0 Å². The Morgan fingerprint density at radius 2 is 1.93 bits per heavy atom. The van der Waals surface area contributed by atoms with Gasteiger partial charge in [0.05, 0.1) is 4.99 Å². The van der Waals surface area contributed by atoms with Crippen molar-refractivity contribution >= 4 is 17.2 Å². The minimum Gasteiger partial charge on any atom is -0.393 e. The third-order valence-corrected chi connectivity index (χ3v) is 4.06. The predicted octanol–water partition coefficient (Wildman–Crippen LogP) is 2.42. The summed E-state index contributed by atoms with van der Waals surface area (Å²) in [6.07, 6.45) is 5.41. The van der Waals surface area contributed by atoms with Crippen molar-refractivity contribution in [2.75, 3.05) is 13.6 Å². The van der Waals surface area contributed by atoms with Gasteiger partial charge in [0.1, 0.15) is 0 Å². The Morgan fingerprint density at radius 1 is 1.40 bits per heavy atom. The molecule has 0 saturated heterocycles. The third-order valence-electron chi connectivity index (χ3n) is 3.66. The van der Waals surface area contributed by atoms with Crippen LogP contribution < -0.4 is 5.73 Å². The SMILES string of the molecule is CC1CCC(N(C)CC(C)C(N)=S)CC1. The monoisotopic (exact) mass is 228 g/mol. The van der Waals surface area contributed by atoms with Gasteiger partial charge in [-0.1, -0.05) is 26.1 Å². The summed E-state index contributed by atoms with van der Waals surface area (Å²) in [5.41, 5.74) is 5.64. The van der Waals surface area contributed by atoms with Crippen LogP contribution >= 0.6 is 12.2 Å². The molecule has 15 heavy (non-hydrogen) atoms. The lowest BCUT2D eigenvalue weighted by atomic mass is 9.86. The second kappa shape index (κ2) is 5.80. The van der Waals surface area contributed by atoms with E-state index in [-0.39, 0.29) is 0 Å². The third kappa shape index (κ3) is 4.07. The van der Waals surface area contributed by atoms with E-state index in [2.05, 4.69) is 25.8 Å². The van der Waals surface area contributed by atoms with E-state index in [0.29, 0.717) is 10.9 Å². The fraction of sp³-hybridized carbons (Fsp3) is 0.917. The van der Waals surface area contributed by atoms with Crippen LogP contribution in [0.25, 0.3) is 0 Å². The van der Waals surface area contributed by atoms with Gasteiger partial charge in [-0.15, -0.1) is 0 Å². The largest absolute Gasteiger partial charge is 0.393 e. The van der Waals surface area contributed by atoms with Gasteiger partial charge in [-0.3, -0.25) is 0 Å². The number of hydrogen-bond acceptors (Lipinski definition) is 2. The summed E-state index contributed by atoms with van der Waals surface area (Å²) in [6, 6.07) is 0.748. The number of hydrogen-bond donors (Lipinski definition) is 1. The molecule has 1 aliphatic carbocycles. The van der Waals surface area contributed by atoms with E-state index in [1.807, 2.05) is 0 Å². The summed E-state index contributed by atoms with van der Waals surface area (Å²) < 4.78 is 0. The fourth-order valence-corrected chi connectivity index (χ4v) is 2.43. The van der Waals surface area contributed by atoms with Gasteiger partial charge < -0.3 is 10.6 Å². The molecule has 0 aromatic heterocycles. The van der Waals surface area contributed by atoms with E-state index in [1.54, 1.807) is 0 Å². The molecular weight excluding hydrogens is 204 g/mol. The molecule has 1 aliphatic rings. The van der Waals surface area contributed by atoms with Crippen molar-refractivity contribution in [2.24, 2.45) is 17.6 Å². The molecule has 1 unspecified atom stereocenters. The van der Waals surface area contributed by atoms with Crippen LogP contribution in [0.15, 0.2) is 0 Å². The topological polar surface area (TPSA) is 29.3 Å². The van der Waals surface area contributed by atoms with Crippen molar-refractivity contribution in [3.05, 3.63) is 0 Å². The van der Waals surface area contributed by atoms with E-state index >= 15 is 0 Å². The molecule has 3 heteroatoms. The molecule has 0 aromatic carbocycles. The predicted molar refractivity (Wildman–Crippen MR) is 70.0 cm³/mol. The lowest BCUT2D eigenvalue weighted by Gasteiger charge is -2.34. The average molecular weight is 228 g/mol. The minimum atomic E-state index is 0.337. The summed E-state index contributed by atoms with van der Waals surface area (Å²) in [5, 5.41) is 0. The molecule has 0 radical (unpaired) electrons. The number of thiocarbonyl (C=S) groups is 1. The van der Waals surface area contributed by atoms with Crippen LogP contribution in [0.2, 0.25) is 0 Å². The first kappa shape index (κ1) is 12.9. The van der Waals surface area contributed by atoms with E-state index in [4.69, 9.17) is 18.0 Å². The first-order chi connectivity index (χ1) is 7.00. The minimum absolute atomic E-state index is 0.337. The summed E-state index contributed by atoms with van der Waals surface area (Å²) in [6.45, 7) is 5.48. The van der Waals surface area contributed by atoms with E-state index < -0.39 is 0 Å². The van der Waals surface area contributed by atoms with E-state index in [1.165, 1.54) is 25.7 Å². The van der Waals surface area contributed by atoms with Crippen LogP contribution in [-0.4, -0.2) is 29.5 Å². The van der Waals surface area contributed by atoms with Gasteiger partial charge >= 0.3 is 0 Å². The molecule has 0 heterocycles. The quantitative estimate of drug-likeness (QED) is 0.749. The second-order valence-corrected chi connectivity index (χ2v) is 5.63. The normalized spacial score (nSPS) is 29.1. The second-order valence-electron chi connectivity index (χ2n) is 5.16. The zero-order valence-corrected chi connectivity index (χ0v) is 11.0. The van der Waals surface area contributed by atoms with Crippen LogP contribution in [0, 0.1) is 11.8 Å².